The molecule has 5 rings (SSSR count). The predicted octanol–water partition coefficient (Wildman–Crippen LogP) is 1.97. The fourth-order valence-electron chi connectivity index (χ4n) is 4.41. The summed E-state index contributed by atoms with van der Waals surface area (Å²) in [6, 6.07) is 26.4. The summed E-state index contributed by atoms with van der Waals surface area (Å²) in [5.74, 6) is 0. The number of morpholine rings is 1. The summed E-state index contributed by atoms with van der Waals surface area (Å²) in [6.07, 6.45) is 1.97. The molecule has 1 aliphatic rings. The standard InChI is InChI=1S/C26H25N2O.BrH/c1-2-15-28-24-9-5-3-7-22(24)26(23-8-4-6-10-25(23)28)20-11-13-21(14-12-20)27-16-18-29-19-17-27;/h2-14H,1,15-19H2;1H/q+1;/p-1. The maximum atomic E-state index is 5.49. The second-order valence-electron chi connectivity index (χ2n) is 7.45. The number of fused-ring (bicyclic) bond motifs is 2. The molecule has 2 heterocycles. The minimum atomic E-state index is 0. The number of ether oxygens (including phenoxy) is 1. The predicted molar refractivity (Wildman–Crippen MR) is 120 cm³/mol. The Kier molecular flexibility index (Phi) is 6.16. The quantitative estimate of drug-likeness (QED) is 0.263. The van der Waals surface area contributed by atoms with E-state index in [2.05, 4.69) is 88.8 Å². The number of hydrogen-bond donors (Lipinski definition) is 0. The van der Waals surface area contributed by atoms with Gasteiger partial charge in [0, 0.05) is 36.5 Å². The molecule has 3 aromatic carbocycles. The molecule has 0 N–H and O–H groups in total. The number of aromatic nitrogens is 1. The second kappa shape index (κ2) is 8.99. The van der Waals surface area contributed by atoms with Crippen LogP contribution in [0.3, 0.4) is 0 Å². The Bertz CT molecular complexity index is 1120. The van der Waals surface area contributed by atoms with Gasteiger partial charge in [0.05, 0.1) is 24.0 Å². The number of nitrogens with zero attached hydrogens (tertiary/aromatic N) is 2. The van der Waals surface area contributed by atoms with Crippen molar-refractivity contribution in [2.24, 2.45) is 0 Å². The van der Waals surface area contributed by atoms with Crippen molar-refractivity contribution >= 4 is 27.5 Å². The van der Waals surface area contributed by atoms with Gasteiger partial charge in [-0.2, -0.15) is 4.57 Å². The minimum Gasteiger partial charge on any atom is -1.00 e. The van der Waals surface area contributed by atoms with Crippen molar-refractivity contribution in [3.8, 4) is 11.1 Å². The largest absolute Gasteiger partial charge is 1.00 e. The molecule has 0 radical (unpaired) electrons. The Balaban J connectivity index is 0.00000218. The van der Waals surface area contributed by atoms with Crippen LogP contribution in [0.4, 0.5) is 5.69 Å². The van der Waals surface area contributed by atoms with Gasteiger partial charge in [-0.05, 0) is 35.9 Å². The van der Waals surface area contributed by atoms with Crippen molar-refractivity contribution in [3.05, 3.63) is 85.5 Å². The molecular weight excluding hydrogens is 436 g/mol. The number of hydrogen-bond acceptors (Lipinski definition) is 2. The van der Waals surface area contributed by atoms with Gasteiger partial charge in [-0.25, -0.2) is 0 Å². The van der Waals surface area contributed by atoms with E-state index in [1.165, 1.54) is 38.6 Å². The first-order valence-corrected chi connectivity index (χ1v) is 10.2. The summed E-state index contributed by atoms with van der Waals surface area (Å²) < 4.78 is 7.84. The lowest BCUT2D eigenvalue weighted by Crippen LogP contribution is -3.00. The first-order chi connectivity index (χ1) is 14.4. The van der Waals surface area contributed by atoms with Gasteiger partial charge in [-0.3, -0.25) is 0 Å². The highest BCUT2D eigenvalue weighted by Crippen LogP contribution is 2.35. The van der Waals surface area contributed by atoms with Crippen LogP contribution in [0.5, 0.6) is 0 Å². The van der Waals surface area contributed by atoms with Gasteiger partial charge in [0.15, 0.2) is 6.54 Å². The van der Waals surface area contributed by atoms with Crippen LogP contribution in [0.1, 0.15) is 0 Å². The summed E-state index contributed by atoms with van der Waals surface area (Å²) >= 11 is 0. The molecule has 3 nitrogen and oxygen atoms in total. The number of halogens is 1. The molecule has 0 spiro atoms. The Hall–Kier alpha value is -2.69. The van der Waals surface area contributed by atoms with Crippen LogP contribution in [-0.4, -0.2) is 26.3 Å². The molecule has 4 aromatic rings. The number of para-hydroxylation sites is 2. The average molecular weight is 461 g/mol. The molecular formula is C26H25BrN2O. The topological polar surface area (TPSA) is 16.4 Å². The molecule has 0 aliphatic carbocycles. The Labute approximate surface area is 188 Å². The zero-order valence-corrected chi connectivity index (χ0v) is 18.5. The number of pyridine rings is 1. The number of allylic oxidation sites excluding steroid dienone is 1. The minimum absolute atomic E-state index is 0. The van der Waals surface area contributed by atoms with Crippen LogP contribution in [0.2, 0.25) is 0 Å². The SMILES string of the molecule is C=CC[n+]1c2ccccc2c(-c2ccc(N3CCOCC3)cc2)c2ccccc21.[Br-]. The summed E-state index contributed by atoms with van der Waals surface area (Å²) in [5.41, 5.74) is 6.28. The van der Waals surface area contributed by atoms with Crippen LogP contribution in [0.15, 0.2) is 85.5 Å². The van der Waals surface area contributed by atoms with E-state index >= 15 is 0 Å². The van der Waals surface area contributed by atoms with E-state index in [4.69, 9.17) is 4.74 Å². The highest BCUT2D eigenvalue weighted by atomic mass is 79.9. The summed E-state index contributed by atoms with van der Waals surface area (Å²) in [6.45, 7) is 8.28. The zero-order valence-electron chi connectivity index (χ0n) is 16.9. The Morgan fingerprint density at radius 2 is 1.40 bits per heavy atom. The van der Waals surface area contributed by atoms with Gasteiger partial charge in [0.2, 0.25) is 11.0 Å². The summed E-state index contributed by atoms with van der Waals surface area (Å²) in [5, 5.41) is 2.54. The van der Waals surface area contributed by atoms with E-state index in [1.54, 1.807) is 0 Å². The first kappa shape index (κ1) is 20.6. The fraction of sp³-hybridized carbons (Fsp3) is 0.192. The third kappa shape index (κ3) is 3.62. The highest BCUT2D eigenvalue weighted by molar-refractivity contribution is 6.07. The fourth-order valence-corrected chi connectivity index (χ4v) is 4.41. The van der Waals surface area contributed by atoms with Crippen LogP contribution < -0.4 is 26.4 Å². The van der Waals surface area contributed by atoms with E-state index in [-0.39, 0.29) is 17.0 Å². The Morgan fingerprint density at radius 3 is 1.97 bits per heavy atom. The van der Waals surface area contributed by atoms with E-state index in [1.807, 2.05) is 6.08 Å². The van der Waals surface area contributed by atoms with E-state index in [0.29, 0.717) is 0 Å². The third-order valence-electron chi connectivity index (χ3n) is 5.77. The van der Waals surface area contributed by atoms with Gasteiger partial charge in [0.1, 0.15) is 0 Å². The molecule has 0 unspecified atom stereocenters. The monoisotopic (exact) mass is 460 g/mol. The zero-order chi connectivity index (χ0) is 19.6. The smallest absolute Gasteiger partial charge is 0.213 e. The molecule has 1 aliphatic heterocycles. The molecule has 1 saturated heterocycles. The van der Waals surface area contributed by atoms with E-state index < -0.39 is 0 Å². The van der Waals surface area contributed by atoms with E-state index in [0.717, 1.165) is 32.8 Å². The molecule has 4 heteroatoms. The molecule has 0 atom stereocenters. The molecule has 0 amide bonds. The van der Waals surface area contributed by atoms with Crippen molar-refractivity contribution < 1.29 is 26.3 Å². The van der Waals surface area contributed by atoms with Crippen LogP contribution in [0.25, 0.3) is 32.9 Å². The van der Waals surface area contributed by atoms with Gasteiger partial charge in [-0.15, -0.1) is 0 Å². The van der Waals surface area contributed by atoms with Crippen molar-refractivity contribution in [1.82, 2.24) is 0 Å². The average Bonchev–Trinajstić information content (AvgIpc) is 2.80. The second-order valence-corrected chi connectivity index (χ2v) is 7.45. The maximum absolute atomic E-state index is 5.49. The molecule has 1 aromatic heterocycles. The number of benzene rings is 3. The molecule has 1 fully saturated rings. The van der Waals surface area contributed by atoms with Gasteiger partial charge >= 0.3 is 0 Å². The lowest BCUT2D eigenvalue weighted by atomic mass is 9.95. The lowest BCUT2D eigenvalue weighted by Gasteiger charge is -2.29. The third-order valence-corrected chi connectivity index (χ3v) is 5.77. The van der Waals surface area contributed by atoms with E-state index in [9.17, 15) is 0 Å². The number of rotatable bonds is 4. The highest BCUT2D eigenvalue weighted by Gasteiger charge is 2.20. The van der Waals surface area contributed by atoms with Gasteiger partial charge in [-0.1, -0.05) is 43.0 Å². The maximum Gasteiger partial charge on any atom is 0.213 e. The van der Waals surface area contributed by atoms with Crippen molar-refractivity contribution in [1.29, 1.82) is 0 Å². The van der Waals surface area contributed by atoms with Crippen LogP contribution in [0, 0.1) is 0 Å². The van der Waals surface area contributed by atoms with Crippen LogP contribution >= 0.6 is 0 Å². The molecule has 0 bridgehead atoms. The summed E-state index contributed by atoms with van der Waals surface area (Å²) in [4.78, 5) is 2.40. The van der Waals surface area contributed by atoms with Crippen molar-refractivity contribution in [2.45, 2.75) is 6.54 Å². The number of anilines is 1. The molecule has 0 saturated carbocycles. The Morgan fingerprint density at radius 1 is 0.833 bits per heavy atom. The van der Waals surface area contributed by atoms with Gasteiger partial charge < -0.3 is 26.6 Å². The van der Waals surface area contributed by atoms with Crippen LogP contribution in [-0.2, 0) is 11.3 Å². The summed E-state index contributed by atoms with van der Waals surface area (Å²) in [7, 11) is 0. The molecule has 30 heavy (non-hydrogen) atoms. The normalized spacial score (nSPS) is 13.9. The van der Waals surface area contributed by atoms with Gasteiger partial charge in [0.25, 0.3) is 0 Å². The molecule has 152 valence electrons. The first-order valence-electron chi connectivity index (χ1n) is 10.2. The van der Waals surface area contributed by atoms with Crippen molar-refractivity contribution in [3.63, 3.8) is 0 Å². The van der Waals surface area contributed by atoms with Crippen molar-refractivity contribution in [2.75, 3.05) is 31.2 Å². The lowest BCUT2D eigenvalue weighted by molar-refractivity contribution is -0.634.